The Kier molecular flexibility index (Phi) is 5.28. The van der Waals surface area contributed by atoms with Crippen LogP contribution in [-0.2, 0) is 10.0 Å². The molecule has 1 aromatic rings. The quantitative estimate of drug-likeness (QED) is 0.646. The van der Waals surface area contributed by atoms with E-state index in [1.807, 2.05) is 13.8 Å². The summed E-state index contributed by atoms with van der Waals surface area (Å²) in [7, 11) is -3.93. The van der Waals surface area contributed by atoms with Crippen LogP contribution < -0.4 is 4.72 Å². The van der Waals surface area contributed by atoms with Gasteiger partial charge in [0.2, 0.25) is 10.0 Å². The van der Waals surface area contributed by atoms with Crippen molar-refractivity contribution < 1.29 is 13.3 Å². The molecule has 1 aromatic carbocycles. The van der Waals surface area contributed by atoms with Gasteiger partial charge in [0, 0.05) is 17.1 Å². The van der Waals surface area contributed by atoms with E-state index in [9.17, 15) is 18.5 Å². The van der Waals surface area contributed by atoms with Crippen LogP contribution in [0.1, 0.15) is 26.7 Å². The molecule has 0 aliphatic rings. The predicted octanol–water partition coefficient (Wildman–Crippen LogP) is 2.72. The number of sulfonamides is 1. The van der Waals surface area contributed by atoms with Crippen LogP contribution in [0.15, 0.2) is 23.1 Å². The van der Waals surface area contributed by atoms with E-state index in [1.165, 1.54) is 6.07 Å². The van der Waals surface area contributed by atoms with Crippen molar-refractivity contribution in [3.63, 3.8) is 0 Å². The van der Waals surface area contributed by atoms with Crippen molar-refractivity contribution in [1.82, 2.24) is 4.72 Å². The first-order valence-electron chi connectivity index (χ1n) is 5.78. The van der Waals surface area contributed by atoms with E-state index in [0.717, 1.165) is 12.1 Å². The predicted molar refractivity (Wildman–Crippen MR) is 72.8 cm³/mol. The number of hydrogen-bond donors (Lipinski definition) is 1. The summed E-state index contributed by atoms with van der Waals surface area (Å²) in [6, 6.07) is 3.24. The summed E-state index contributed by atoms with van der Waals surface area (Å²) in [6.45, 7) is 3.68. The molecule has 106 valence electrons. The minimum atomic E-state index is -3.93. The fraction of sp³-hybridized carbons (Fsp3) is 0.455. The second-order valence-corrected chi connectivity index (χ2v) is 6.12. The Hall–Kier alpha value is -1.18. The van der Waals surface area contributed by atoms with Crippen LogP contribution in [-0.4, -0.2) is 19.4 Å². The van der Waals surface area contributed by atoms with Gasteiger partial charge in [-0.2, -0.15) is 0 Å². The lowest BCUT2D eigenvalue weighted by atomic mass is 10.2. The molecule has 8 heteroatoms. The summed E-state index contributed by atoms with van der Waals surface area (Å²) >= 11 is 5.65. The number of nitro benzene ring substituents is 1. The van der Waals surface area contributed by atoms with E-state index >= 15 is 0 Å². The third-order valence-corrected chi connectivity index (χ3v) is 4.52. The maximum atomic E-state index is 12.1. The number of nitro groups is 1. The highest BCUT2D eigenvalue weighted by atomic mass is 35.5. The van der Waals surface area contributed by atoms with E-state index in [2.05, 4.69) is 4.72 Å². The Labute approximate surface area is 117 Å². The van der Waals surface area contributed by atoms with E-state index in [0.29, 0.717) is 12.8 Å². The molecular weight excluding hydrogens is 292 g/mol. The van der Waals surface area contributed by atoms with Crippen LogP contribution in [0.2, 0.25) is 5.02 Å². The van der Waals surface area contributed by atoms with Gasteiger partial charge in [0.15, 0.2) is 4.90 Å². The summed E-state index contributed by atoms with van der Waals surface area (Å²) in [5.74, 6) is 0. The van der Waals surface area contributed by atoms with Crippen molar-refractivity contribution in [3.05, 3.63) is 33.3 Å². The number of hydrogen-bond acceptors (Lipinski definition) is 4. The number of nitrogens with one attached hydrogen (secondary N) is 1. The number of rotatable bonds is 6. The Balaban J connectivity index is 3.25. The number of benzene rings is 1. The van der Waals surface area contributed by atoms with Crippen molar-refractivity contribution in [2.24, 2.45) is 0 Å². The molecule has 0 radical (unpaired) electrons. The Morgan fingerprint density at radius 1 is 1.37 bits per heavy atom. The van der Waals surface area contributed by atoms with Gasteiger partial charge in [0.25, 0.3) is 5.69 Å². The molecule has 0 heterocycles. The second-order valence-electron chi connectivity index (χ2n) is 4.00. The van der Waals surface area contributed by atoms with E-state index in [4.69, 9.17) is 11.6 Å². The summed E-state index contributed by atoms with van der Waals surface area (Å²) in [5, 5.41) is 11.0. The molecule has 19 heavy (non-hydrogen) atoms. The summed E-state index contributed by atoms with van der Waals surface area (Å²) in [4.78, 5) is 9.78. The molecule has 0 aliphatic carbocycles. The van der Waals surface area contributed by atoms with E-state index < -0.39 is 20.6 Å². The highest BCUT2D eigenvalue weighted by molar-refractivity contribution is 7.89. The fourth-order valence-electron chi connectivity index (χ4n) is 1.60. The smallest absolute Gasteiger partial charge is 0.258 e. The lowest BCUT2D eigenvalue weighted by molar-refractivity contribution is -0.387. The number of halogens is 1. The Morgan fingerprint density at radius 2 is 1.95 bits per heavy atom. The molecule has 0 amide bonds. The van der Waals surface area contributed by atoms with Crippen LogP contribution >= 0.6 is 11.6 Å². The summed E-state index contributed by atoms with van der Waals surface area (Å²) in [6.07, 6.45) is 1.22. The summed E-state index contributed by atoms with van der Waals surface area (Å²) in [5.41, 5.74) is -0.522. The summed E-state index contributed by atoms with van der Waals surface area (Å²) < 4.78 is 26.7. The normalized spacial score (nSPS) is 11.8. The Morgan fingerprint density at radius 3 is 2.42 bits per heavy atom. The number of nitrogens with zero attached hydrogens (tertiary/aromatic N) is 1. The van der Waals surface area contributed by atoms with E-state index in [1.54, 1.807) is 0 Å². The molecule has 0 aliphatic heterocycles. The third kappa shape index (κ3) is 3.89. The van der Waals surface area contributed by atoms with Crippen molar-refractivity contribution >= 4 is 27.3 Å². The van der Waals surface area contributed by atoms with Crippen LogP contribution in [0.4, 0.5) is 5.69 Å². The van der Waals surface area contributed by atoms with Crippen LogP contribution in [0, 0.1) is 10.1 Å². The van der Waals surface area contributed by atoms with Gasteiger partial charge in [-0.05, 0) is 25.0 Å². The molecule has 0 spiro atoms. The Bertz CT molecular complexity index is 570. The molecule has 0 saturated carbocycles. The van der Waals surface area contributed by atoms with Crippen LogP contribution in [0.3, 0.4) is 0 Å². The molecule has 0 saturated heterocycles. The highest BCUT2D eigenvalue weighted by Crippen LogP contribution is 2.27. The highest BCUT2D eigenvalue weighted by Gasteiger charge is 2.27. The van der Waals surface area contributed by atoms with Gasteiger partial charge in [0.05, 0.1) is 4.92 Å². The van der Waals surface area contributed by atoms with Gasteiger partial charge >= 0.3 is 0 Å². The van der Waals surface area contributed by atoms with Crippen molar-refractivity contribution in [3.8, 4) is 0 Å². The topological polar surface area (TPSA) is 89.3 Å². The van der Waals surface area contributed by atoms with Gasteiger partial charge in [-0.3, -0.25) is 10.1 Å². The molecular formula is C11H15ClN2O4S. The minimum Gasteiger partial charge on any atom is -0.258 e. The standard InChI is InChI=1S/C11H15ClN2O4S/c1-3-9(4-2)13-19(17,18)11-6-5-8(12)7-10(11)14(15)16/h5-7,9,13H,3-4H2,1-2H3. The zero-order chi connectivity index (χ0) is 14.6. The third-order valence-electron chi connectivity index (χ3n) is 2.71. The molecule has 0 fully saturated rings. The zero-order valence-electron chi connectivity index (χ0n) is 10.6. The van der Waals surface area contributed by atoms with Crippen molar-refractivity contribution in [2.45, 2.75) is 37.6 Å². The molecule has 0 bridgehead atoms. The molecule has 1 N–H and O–H groups in total. The largest absolute Gasteiger partial charge is 0.290 e. The first-order valence-corrected chi connectivity index (χ1v) is 7.64. The van der Waals surface area contributed by atoms with Gasteiger partial charge in [-0.15, -0.1) is 0 Å². The maximum absolute atomic E-state index is 12.1. The molecule has 6 nitrogen and oxygen atoms in total. The second kappa shape index (κ2) is 6.31. The van der Waals surface area contributed by atoms with Crippen molar-refractivity contribution in [2.75, 3.05) is 0 Å². The average molecular weight is 307 g/mol. The molecule has 1 rings (SSSR count). The zero-order valence-corrected chi connectivity index (χ0v) is 12.2. The molecule has 0 aromatic heterocycles. The van der Waals surface area contributed by atoms with Gasteiger partial charge in [-0.1, -0.05) is 25.4 Å². The minimum absolute atomic E-state index is 0.119. The van der Waals surface area contributed by atoms with Crippen LogP contribution in [0.5, 0.6) is 0 Å². The fourth-order valence-corrected chi connectivity index (χ4v) is 3.32. The SMILES string of the molecule is CCC(CC)NS(=O)(=O)c1ccc(Cl)cc1[N+](=O)[O-]. The first kappa shape index (κ1) is 15.9. The average Bonchev–Trinajstić information content (AvgIpc) is 2.35. The van der Waals surface area contributed by atoms with Gasteiger partial charge in [-0.25, -0.2) is 13.1 Å². The maximum Gasteiger partial charge on any atom is 0.290 e. The lowest BCUT2D eigenvalue weighted by Crippen LogP contribution is -2.34. The van der Waals surface area contributed by atoms with Crippen molar-refractivity contribution in [1.29, 1.82) is 0 Å². The monoisotopic (exact) mass is 306 g/mol. The van der Waals surface area contributed by atoms with E-state index in [-0.39, 0.29) is 16.0 Å². The van der Waals surface area contributed by atoms with Gasteiger partial charge in [0.1, 0.15) is 0 Å². The molecule has 0 unspecified atom stereocenters. The molecule has 0 atom stereocenters. The lowest BCUT2D eigenvalue weighted by Gasteiger charge is -2.15. The van der Waals surface area contributed by atoms with Gasteiger partial charge < -0.3 is 0 Å². The van der Waals surface area contributed by atoms with Crippen LogP contribution in [0.25, 0.3) is 0 Å². The first-order chi connectivity index (χ1) is 8.81.